The van der Waals surface area contributed by atoms with Crippen LogP contribution in [0.4, 0.5) is 11.4 Å². The lowest BCUT2D eigenvalue weighted by Crippen LogP contribution is -2.09. The number of hydrogen-bond donors (Lipinski definition) is 2. The van der Waals surface area contributed by atoms with Gasteiger partial charge in [0.1, 0.15) is 0 Å². The van der Waals surface area contributed by atoms with Crippen LogP contribution in [0.15, 0.2) is 36.7 Å². The fourth-order valence-corrected chi connectivity index (χ4v) is 2.04. The molecule has 4 nitrogen and oxygen atoms in total. The van der Waals surface area contributed by atoms with Crippen LogP contribution in [0.1, 0.15) is 18.9 Å². The Balaban J connectivity index is 2.06. The second-order valence-electron chi connectivity index (χ2n) is 4.64. The summed E-state index contributed by atoms with van der Waals surface area (Å²) in [6, 6.07) is 7.46. The third kappa shape index (κ3) is 3.78. The van der Waals surface area contributed by atoms with Crippen molar-refractivity contribution in [2.75, 3.05) is 10.6 Å². The lowest BCUT2D eigenvalue weighted by Gasteiger charge is -2.10. The van der Waals surface area contributed by atoms with E-state index < -0.39 is 0 Å². The first-order valence-electron chi connectivity index (χ1n) is 6.52. The molecule has 0 unspecified atom stereocenters. The minimum absolute atomic E-state index is 0.0127. The third-order valence-corrected chi connectivity index (χ3v) is 3.28. The number of nitrogens with zero attached hydrogens (tertiary/aromatic N) is 1. The Labute approximate surface area is 123 Å². The molecule has 0 radical (unpaired) electrons. The van der Waals surface area contributed by atoms with E-state index >= 15 is 0 Å². The first kappa shape index (κ1) is 14.5. The Morgan fingerprint density at radius 3 is 2.80 bits per heavy atom. The minimum atomic E-state index is -0.0127. The van der Waals surface area contributed by atoms with Crippen LogP contribution in [-0.4, -0.2) is 10.5 Å². The first-order valence-corrected chi connectivity index (χ1v) is 6.90. The number of carbonyl (C=O) groups excluding carboxylic acids is 1. The van der Waals surface area contributed by atoms with Gasteiger partial charge in [-0.1, -0.05) is 18.5 Å². The first-order chi connectivity index (χ1) is 9.58. The zero-order valence-electron chi connectivity index (χ0n) is 11.6. The van der Waals surface area contributed by atoms with Crippen LogP contribution in [0.2, 0.25) is 5.02 Å². The number of rotatable bonds is 5. The Morgan fingerprint density at radius 1 is 1.35 bits per heavy atom. The van der Waals surface area contributed by atoms with Crippen LogP contribution in [0, 0.1) is 0 Å². The summed E-state index contributed by atoms with van der Waals surface area (Å²) in [5, 5.41) is 6.73. The molecule has 0 spiro atoms. The highest BCUT2D eigenvalue weighted by atomic mass is 35.5. The van der Waals surface area contributed by atoms with E-state index in [4.69, 9.17) is 11.6 Å². The molecule has 1 amide bonds. The van der Waals surface area contributed by atoms with Gasteiger partial charge >= 0.3 is 0 Å². The molecule has 2 N–H and O–H groups in total. The number of nitrogens with one attached hydrogen (secondary N) is 2. The van der Waals surface area contributed by atoms with E-state index in [2.05, 4.69) is 10.6 Å². The van der Waals surface area contributed by atoms with E-state index in [9.17, 15) is 4.79 Å². The zero-order valence-corrected chi connectivity index (χ0v) is 12.4. The van der Waals surface area contributed by atoms with Crippen molar-refractivity contribution >= 4 is 28.9 Å². The maximum atomic E-state index is 11.4. The molecule has 0 saturated heterocycles. The zero-order chi connectivity index (χ0) is 14.5. The Kier molecular flexibility index (Phi) is 4.69. The van der Waals surface area contributed by atoms with Gasteiger partial charge in [-0.05, 0) is 29.8 Å². The molecule has 2 aromatic rings. The largest absolute Gasteiger partial charge is 0.380 e. The molecule has 1 heterocycles. The van der Waals surface area contributed by atoms with Crippen LogP contribution in [0.5, 0.6) is 0 Å². The average Bonchev–Trinajstić information content (AvgIpc) is 2.85. The average molecular weight is 292 g/mol. The molecule has 0 fully saturated rings. The van der Waals surface area contributed by atoms with Crippen molar-refractivity contribution in [2.45, 2.75) is 19.9 Å². The predicted octanol–water partition coefficient (Wildman–Crippen LogP) is 3.64. The lowest BCUT2D eigenvalue weighted by atomic mass is 10.2. The number of halogens is 1. The van der Waals surface area contributed by atoms with Gasteiger partial charge in [-0.2, -0.15) is 0 Å². The molecule has 20 heavy (non-hydrogen) atoms. The van der Waals surface area contributed by atoms with Gasteiger partial charge in [-0.15, -0.1) is 0 Å². The molecule has 0 aliphatic carbocycles. The molecule has 106 valence electrons. The summed E-state index contributed by atoms with van der Waals surface area (Å²) < 4.78 is 2.00. The maximum Gasteiger partial charge on any atom is 0.224 e. The highest BCUT2D eigenvalue weighted by Gasteiger charge is 2.05. The molecule has 1 aromatic heterocycles. The standard InChI is InChI=1S/C15H18ClN3O/c1-3-15(20)18-12-4-5-13(16)14(8-12)17-9-11-6-7-19(2)10-11/h4-8,10,17H,3,9H2,1-2H3,(H,18,20). The number of aromatic nitrogens is 1. The molecule has 0 aliphatic heterocycles. The molecule has 0 saturated carbocycles. The van der Waals surface area contributed by atoms with E-state index in [0.717, 1.165) is 11.4 Å². The third-order valence-electron chi connectivity index (χ3n) is 2.95. The van der Waals surface area contributed by atoms with Gasteiger partial charge in [0.15, 0.2) is 0 Å². The second-order valence-corrected chi connectivity index (χ2v) is 5.04. The van der Waals surface area contributed by atoms with Gasteiger partial charge in [-0.25, -0.2) is 0 Å². The van der Waals surface area contributed by atoms with Crippen LogP contribution < -0.4 is 10.6 Å². The highest BCUT2D eigenvalue weighted by molar-refractivity contribution is 6.33. The monoisotopic (exact) mass is 291 g/mol. The summed E-state index contributed by atoms with van der Waals surface area (Å²) in [5.74, 6) is -0.0127. The number of amides is 1. The van der Waals surface area contributed by atoms with Crippen molar-refractivity contribution in [1.29, 1.82) is 0 Å². The van der Waals surface area contributed by atoms with Crippen LogP contribution in [0.3, 0.4) is 0 Å². The fourth-order valence-electron chi connectivity index (χ4n) is 1.85. The quantitative estimate of drug-likeness (QED) is 0.883. The molecule has 2 rings (SSSR count). The molecular weight excluding hydrogens is 274 g/mol. The fraction of sp³-hybridized carbons (Fsp3) is 0.267. The van der Waals surface area contributed by atoms with Gasteiger partial charge < -0.3 is 15.2 Å². The van der Waals surface area contributed by atoms with Crippen molar-refractivity contribution in [2.24, 2.45) is 7.05 Å². The lowest BCUT2D eigenvalue weighted by molar-refractivity contribution is -0.115. The van der Waals surface area contributed by atoms with Gasteiger partial charge in [0.25, 0.3) is 0 Å². The topological polar surface area (TPSA) is 46.1 Å². The van der Waals surface area contributed by atoms with Crippen LogP contribution in [0.25, 0.3) is 0 Å². The van der Waals surface area contributed by atoms with Crippen molar-refractivity contribution in [3.8, 4) is 0 Å². The minimum Gasteiger partial charge on any atom is -0.380 e. The van der Waals surface area contributed by atoms with Gasteiger partial charge in [0.05, 0.1) is 10.7 Å². The molecule has 0 bridgehead atoms. The summed E-state index contributed by atoms with van der Waals surface area (Å²) >= 11 is 6.16. The summed E-state index contributed by atoms with van der Waals surface area (Å²) in [7, 11) is 1.98. The van der Waals surface area contributed by atoms with Gasteiger partial charge in [0, 0.05) is 38.1 Å². The normalized spacial score (nSPS) is 10.3. The molecule has 1 aromatic carbocycles. The van der Waals surface area contributed by atoms with Gasteiger partial charge in [-0.3, -0.25) is 4.79 Å². The van der Waals surface area contributed by atoms with Gasteiger partial charge in [0.2, 0.25) is 5.91 Å². The number of carbonyl (C=O) groups is 1. The summed E-state index contributed by atoms with van der Waals surface area (Å²) in [6.45, 7) is 2.51. The maximum absolute atomic E-state index is 11.4. The van der Waals surface area contributed by atoms with Crippen molar-refractivity contribution in [3.05, 3.63) is 47.2 Å². The molecular formula is C15H18ClN3O. The number of aryl methyl sites for hydroxylation is 1. The number of hydrogen-bond acceptors (Lipinski definition) is 2. The second kappa shape index (κ2) is 6.48. The number of benzene rings is 1. The molecule has 5 heteroatoms. The van der Waals surface area contributed by atoms with E-state index in [0.29, 0.717) is 18.0 Å². The van der Waals surface area contributed by atoms with E-state index in [1.165, 1.54) is 5.56 Å². The van der Waals surface area contributed by atoms with E-state index in [-0.39, 0.29) is 5.91 Å². The van der Waals surface area contributed by atoms with E-state index in [1.54, 1.807) is 12.1 Å². The summed E-state index contributed by atoms with van der Waals surface area (Å²) in [6.07, 6.45) is 4.50. The highest BCUT2D eigenvalue weighted by Crippen LogP contribution is 2.26. The SMILES string of the molecule is CCC(=O)Nc1ccc(Cl)c(NCc2ccn(C)c2)c1. The van der Waals surface area contributed by atoms with Crippen molar-refractivity contribution in [3.63, 3.8) is 0 Å². The Bertz CT molecular complexity index is 607. The van der Waals surface area contributed by atoms with Crippen molar-refractivity contribution in [1.82, 2.24) is 4.57 Å². The summed E-state index contributed by atoms with van der Waals surface area (Å²) in [4.78, 5) is 11.4. The van der Waals surface area contributed by atoms with Crippen LogP contribution in [-0.2, 0) is 18.4 Å². The van der Waals surface area contributed by atoms with Crippen LogP contribution >= 0.6 is 11.6 Å². The Hall–Kier alpha value is -1.94. The smallest absolute Gasteiger partial charge is 0.224 e. The summed E-state index contributed by atoms with van der Waals surface area (Å²) in [5.41, 5.74) is 2.73. The molecule has 0 atom stereocenters. The van der Waals surface area contributed by atoms with Crippen molar-refractivity contribution < 1.29 is 4.79 Å². The molecule has 0 aliphatic rings. The number of anilines is 2. The predicted molar refractivity (Wildman–Crippen MR) is 83.1 cm³/mol. The van der Waals surface area contributed by atoms with E-state index in [1.807, 2.05) is 43.1 Å². The Morgan fingerprint density at radius 2 is 2.15 bits per heavy atom.